The molecule has 1 saturated heterocycles. The van der Waals surface area contributed by atoms with Gasteiger partial charge >= 0.3 is 0 Å². The highest BCUT2D eigenvalue weighted by Gasteiger charge is 2.79. The molecule has 1 heterocycles. The molecule has 0 amide bonds. The number of hydrogen-bond donors (Lipinski definition) is 3. The van der Waals surface area contributed by atoms with E-state index in [0.29, 0.717) is 18.6 Å². The normalized spacial score (nSPS) is 45.9. The van der Waals surface area contributed by atoms with Crippen LogP contribution in [0.5, 0.6) is 0 Å². The zero-order chi connectivity index (χ0) is 17.1. The lowest BCUT2D eigenvalue weighted by Crippen LogP contribution is -2.63. The van der Waals surface area contributed by atoms with Gasteiger partial charge in [0.25, 0.3) is 0 Å². The minimum absolute atomic E-state index is 0.245. The summed E-state index contributed by atoms with van der Waals surface area (Å²) in [5, 5.41) is 25.7. The van der Waals surface area contributed by atoms with Gasteiger partial charge in [-0.2, -0.15) is 5.10 Å². The van der Waals surface area contributed by atoms with E-state index >= 15 is 0 Å². The van der Waals surface area contributed by atoms with E-state index in [2.05, 4.69) is 5.10 Å². The van der Waals surface area contributed by atoms with Crippen molar-refractivity contribution in [1.29, 1.82) is 0 Å². The standard InChI is InChI=1S/C16H26N2O4/c1-9-7-15(11(3)18-17)13(5,20)22-14(6,21)16(15,12(4)19)8-10(9)2/h20-21H,7-8,17H2,1-6H3/b18-11-/t13-,14+,15?,16?/m0/s1. The molecule has 1 aliphatic heterocycles. The number of nitrogens with two attached hydrogens (primary N) is 1. The molecule has 0 aromatic heterocycles. The van der Waals surface area contributed by atoms with Gasteiger partial charge in [-0.25, -0.2) is 0 Å². The minimum Gasteiger partial charge on any atom is -0.365 e. The predicted octanol–water partition coefficient (Wildman–Crippen LogP) is 1.46. The lowest BCUT2D eigenvalue weighted by atomic mass is 9.48. The number of aliphatic hydroxyl groups is 2. The van der Waals surface area contributed by atoms with E-state index in [1.165, 1.54) is 20.8 Å². The summed E-state index contributed by atoms with van der Waals surface area (Å²) in [6.45, 7) is 9.88. The lowest BCUT2D eigenvalue weighted by Gasteiger charge is -2.52. The van der Waals surface area contributed by atoms with Crippen LogP contribution in [-0.4, -0.2) is 33.3 Å². The first kappa shape index (κ1) is 17.1. The summed E-state index contributed by atoms with van der Waals surface area (Å²) < 4.78 is 5.60. The molecular formula is C16H26N2O4. The molecule has 0 spiro atoms. The second kappa shape index (κ2) is 4.63. The average Bonchev–Trinajstić information content (AvgIpc) is 2.51. The highest BCUT2D eigenvalue weighted by molar-refractivity contribution is 5.99. The molecule has 0 bridgehead atoms. The molecule has 0 radical (unpaired) electrons. The molecule has 2 aliphatic rings. The van der Waals surface area contributed by atoms with Crippen molar-refractivity contribution in [3.63, 3.8) is 0 Å². The van der Waals surface area contributed by atoms with Crippen LogP contribution in [0.4, 0.5) is 0 Å². The Morgan fingerprint density at radius 2 is 1.50 bits per heavy atom. The number of carbonyl (C=O) groups excluding carboxylic acids is 1. The molecule has 2 rings (SSSR count). The monoisotopic (exact) mass is 310 g/mol. The molecule has 22 heavy (non-hydrogen) atoms. The van der Waals surface area contributed by atoms with Gasteiger partial charge in [-0.3, -0.25) is 4.79 Å². The van der Waals surface area contributed by atoms with Crippen LogP contribution in [0.2, 0.25) is 0 Å². The maximum absolute atomic E-state index is 12.7. The molecule has 124 valence electrons. The molecule has 0 aromatic rings. The number of Topliss-reactive ketones (excluding diaryl/α,β-unsaturated/α-hetero) is 1. The molecule has 4 N–H and O–H groups in total. The van der Waals surface area contributed by atoms with E-state index in [9.17, 15) is 15.0 Å². The first-order valence-electron chi connectivity index (χ1n) is 7.46. The Hall–Kier alpha value is -1.24. The highest BCUT2D eigenvalue weighted by atomic mass is 16.7. The van der Waals surface area contributed by atoms with Gasteiger partial charge in [0.2, 0.25) is 0 Å². The average molecular weight is 310 g/mol. The molecule has 4 atom stereocenters. The second-order valence-corrected chi connectivity index (χ2v) is 7.06. The summed E-state index contributed by atoms with van der Waals surface area (Å²) in [6.07, 6.45) is 0.651. The lowest BCUT2D eigenvalue weighted by molar-refractivity contribution is -0.293. The van der Waals surface area contributed by atoms with Crippen molar-refractivity contribution in [2.45, 2.75) is 66.0 Å². The summed E-state index contributed by atoms with van der Waals surface area (Å²) in [4.78, 5) is 12.7. The molecule has 6 heteroatoms. The van der Waals surface area contributed by atoms with Crippen LogP contribution in [0.25, 0.3) is 0 Å². The number of ketones is 1. The smallest absolute Gasteiger partial charge is 0.180 e. The number of hydrazone groups is 1. The van der Waals surface area contributed by atoms with Crippen molar-refractivity contribution in [3.8, 4) is 0 Å². The zero-order valence-electron chi connectivity index (χ0n) is 14.1. The highest BCUT2D eigenvalue weighted by Crippen LogP contribution is 2.69. The van der Waals surface area contributed by atoms with E-state index in [4.69, 9.17) is 10.6 Å². The molecular weight excluding hydrogens is 284 g/mol. The Balaban J connectivity index is 2.94. The molecule has 2 unspecified atom stereocenters. The van der Waals surface area contributed by atoms with E-state index in [0.717, 1.165) is 11.1 Å². The van der Waals surface area contributed by atoms with E-state index in [-0.39, 0.29) is 5.78 Å². The van der Waals surface area contributed by atoms with Crippen LogP contribution >= 0.6 is 0 Å². The van der Waals surface area contributed by atoms with Crippen LogP contribution < -0.4 is 5.84 Å². The van der Waals surface area contributed by atoms with Crippen LogP contribution in [0.3, 0.4) is 0 Å². The van der Waals surface area contributed by atoms with E-state index in [1.807, 2.05) is 13.8 Å². The largest absolute Gasteiger partial charge is 0.365 e. The van der Waals surface area contributed by atoms with Gasteiger partial charge in [-0.1, -0.05) is 11.1 Å². The molecule has 1 fully saturated rings. The summed E-state index contributed by atoms with van der Waals surface area (Å²) >= 11 is 0. The number of carbonyl (C=O) groups is 1. The van der Waals surface area contributed by atoms with Crippen LogP contribution in [-0.2, 0) is 9.53 Å². The third-order valence-electron chi connectivity index (χ3n) is 5.91. The van der Waals surface area contributed by atoms with Gasteiger partial charge in [0.15, 0.2) is 11.6 Å². The predicted molar refractivity (Wildman–Crippen MR) is 82.8 cm³/mol. The maximum atomic E-state index is 12.7. The number of allylic oxidation sites excluding steroid dienone is 2. The third kappa shape index (κ3) is 1.66. The van der Waals surface area contributed by atoms with Crippen LogP contribution in [0.15, 0.2) is 16.2 Å². The Labute approximate surface area is 131 Å². The van der Waals surface area contributed by atoms with Crippen LogP contribution in [0.1, 0.15) is 54.4 Å². The molecule has 6 nitrogen and oxygen atoms in total. The summed E-state index contributed by atoms with van der Waals surface area (Å²) in [6, 6.07) is 0. The number of rotatable bonds is 2. The Morgan fingerprint density at radius 3 is 1.91 bits per heavy atom. The second-order valence-electron chi connectivity index (χ2n) is 7.06. The van der Waals surface area contributed by atoms with Crippen molar-refractivity contribution in [2.24, 2.45) is 21.8 Å². The first-order valence-corrected chi connectivity index (χ1v) is 7.46. The topological polar surface area (TPSA) is 105 Å². The Morgan fingerprint density at radius 1 is 1.09 bits per heavy atom. The van der Waals surface area contributed by atoms with Crippen molar-refractivity contribution < 1.29 is 19.7 Å². The Bertz CT molecular complexity index is 591. The minimum atomic E-state index is -1.82. The van der Waals surface area contributed by atoms with Gasteiger partial charge in [0.1, 0.15) is 11.2 Å². The van der Waals surface area contributed by atoms with Crippen molar-refractivity contribution in [3.05, 3.63) is 11.1 Å². The van der Waals surface area contributed by atoms with Gasteiger partial charge < -0.3 is 20.8 Å². The molecule has 0 aromatic carbocycles. The SMILES string of the molecule is CC(=O)C12CC(C)=C(C)CC1(/C(C)=N\N)[C@@](C)(O)O[C@@]2(C)O. The Kier molecular flexibility index (Phi) is 3.60. The van der Waals surface area contributed by atoms with Crippen molar-refractivity contribution in [2.75, 3.05) is 0 Å². The van der Waals surface area contributed by atoms with Crippen molar-refractivity contribution >= 4 is 11.5 Å². The van der Waals surface area contributed by atoms with Crippen LogP contribution in [0, 0.1) is 10.8 Å². The number of nitrogens with zero attached hydrogens (tertiary/aromatic N) is 1. The van der Waals surface area contributed by atoms with Gasteiger partial charge in [-0.05, 0) is 54.4 Å². The van der Waals surface area contributed by atoms with Gasteiger partial charge in [0.05, 0.1) is 5.41 Å². The summed E-state index contributed by atoms with van der Waals surface area (Å²) in [5.41, 5.74) is -0.0794. The first-order chi connectivity index (χ1) is 9.89. The van der Waals surface area contributed by atoms with E-state index < -0.39 is 22.4 Å². The number of ether oxygens (including phenoxy) is 1. The molecule has 0 saturated carbocycles. The third-order valence-corrected chi connectivity index (χ3v) is 5.91. The summed E-state index contributed by atoms with van der Waals surface area (Å²) in [5.74, 6) is 1.68. The summed E-state index contributed by atoms with van der Waals surface area (Å²) in [7, 11) is 0. The van der Waals surface area contributed by atoms with Gasteiger partial charge in [0, 0.05) is 5.71 Å². The molecule has 1 aliphatic carbocycles. The van der Waals surface area contributed by atoms with Crippen molar-refractivity contribution in [1.82, 2.24) is 0 Å². The fourth-order valence-corrected chi connectivity index (χ4v) is 4.71. The fourth-order valence-electron chi connectivity index (χ4n) is 4.71. The van der Waals surface area contributed by atoms with Gasteiger partial charge in [-0.15, -0.1) is 0 Å². The zero-order valence-corrected chi connectivity index (χ0v) is 14.1. The fraction of sp³-hybridized carbons (Fsp3) is 0.750. The number of hydrogen-bond acceptors (Lipinski definition) is 6. The number of fused-ring (bicyclic) bond motifs is 1. The quantitative estimate of drug-likeness (QED) is 0.310. The van der Waals surface area contributed by atoms with E-state index in [1.54, 1.807) is 6.92 Å². The maximum Gasteiger partial charge on any atom is 0.180 e.